The lowest BCUT2D eigenvalue weighted by atomic mass is 9.75. The first-order valence-corrected chi connectivity index (χ1v) is 8.90. The molecule has 2 rings (SSSR count). The zero-order chi connectivity index (χ0) is 15.3. The Bertz CT molecular complexity index is 418. The minimum atomic E-state index is 0.466. The number of rotatable bonds is 7. The highest BCUT2D eigenvalue weighted by atomic mass is 14.9. The van der Waals surface area contributed by atoms with Crippen molar-refractivity contribution in [3.8, 4) is 0 Å². The van der Waals surface area contributed by atoms with Crippen LogP contribution in [-0.4, -0.2) is 6.54 Å². The van der Waals surface area contributed by atoms with Gasteiger partial charge >= 0.3 is 0 Å². The monoisotopic (exact) mass is 287 g/mol. The van der Waals surface area contributed by atoms with Gasteiger partial charge in [0.1, 0.15) is 0 Å². The van der Waals surface area contributed by atoms with Gasteiger partial charge in [-0.25, -0.2) is 0 Å². The van der Waals surface area contributed by atoms with Crippen molar-refractivity contribution in [3.05, 3.63) is 35.4 Å². The molecule has 1 N–H and O–H groups in total. The van der Waals surface area contributed by atoms with Crippen LogP contribution in [0.15, 0.2) is 24.3 Å². The highest BCUT2D eigenvalue weighted by Crippen LogP contribution is 2.48. The van der Waals surface area contributed by atoms with Gasteiger partial charge in [0.25, 0.3) is 0 Å². The lowest BCUT2D eigenvalue weighted by Gasteiger charge is -2.35. The third-order valence-corrected chi connectivity index (χ3v) is 5.23. The fourth-order valence-corrected chi connectivity index (χ4v) is 3.94. The zero-order valence-electron chi connectivity index (χ0n) is 14.4. The van der Waals surface area contributed by atoms with E-state index in [-0.39, 0.29) is 0 Å². The van der Waals surface area contributed by atoms with Crippen LogP contribution in [0.1, 0.15) is 77.0 Å². The van der Waals surface area contributed by atoms with Gasteiger partial charge in [0, 0.05) is 6.04 Å². The number of hydrogen-bond donors (Lipinski definition) is 1. The van der Waals surface area contributed by atoms with Gasteiger partial charge in [0.15, 0.2) is 0 Å². The summed E-state index contributed by atoms with van der Waals surface area (Å²) in [6.45, 7) is 10.5. The standard InChI is InChI=1S/C20H33N/c1-5-8-16-10-12-17(13-11-16)19(21-15-6-2)18-9-7-14-20(18,3)4/h10-13,18-19,21H,5-9,14-15H2,1-4H3. The van der Waals surface area contributed by atoms with E-state index in [2.05, 4.69) is 57.3 Å². The summed E-state index contributed by atoms with van der Waals surface area (Å²) in [5.41, 5.74) is 3.43. The lowest BCUT2D eigenvalue weighted by Crippen LogP contribution is -2.34. The Balaban J connectivity index is 2.18. The fourth-order valence-electron chi connectivity index (χ4n) is 3.94. The van der Waals surface area contributed by atoms with Gasteiger partial charge in [0.05, 0.1) is 0 Å². The van der Waals surface area contributed by atoms with Crippen molar-refractivity contribution in [2.45, 2.75) is 72.3 Å². The summed E-state index contributed by atoms with van der Waals surface area (Å²) in [7, 11) is 0. The van der Waals surface area contributed by atoms with Gasteiger partial charge < -0.3 is 5.32 Å². The van der Waals surface area contributed by atoms with Crippen LogP contribution in [0.3, 0.4) is 0 Å². The maximum absolute atomic E-state index is 3.83. The predicted octanol–water partition coefficient (Wildman–Crippen LogP) is 5.51. The van der Waals surface area contributed by atoms with Crippen LogP contribution in [-0.2, 0) is 6.42 Å². The molecule has 1 aromatic carbocycles. The molecule has 1 nitrogen and oxygen atoms in total. The van der Waals surface area contributed by atoms with Gasteiger partial charge in [-0.05, 0) is 54.7 Å². The average molecular weight is 287 g/mol. The van der Waals surface area contributed by atoms with Gasteiger partial charge in [-0.2, -0.15) is 0 Å². The Labute approximate surface area is 131 Å². The van der Waals surface area contributed by atoms with Crippen molar-refractivity contribution in [1.29, 1.82) is 0 Å². The van der Waals surface area contributed by atoms with E-state index in [0.29, 0.717) is 11.5 Å². The van der Waals surface area contributed by atoms with E-state index in [1.807, 2.05) is 0 Å². The Morgan fingerprint density at radius 1 is 1.14 bits per heavy atom. The molecular formula is C20H33N. The Morgan fingerprint density at radius 2 is 1.86 bits per heavy atom. The van der Waals surface area contributed by atoms with Crippen molar-refractivity contribution < 1.29 is 0 Å². The molecular weight excluding hydrogens is 254 g/mol. The summed E-state index contributed by atoms with van der Waals surface area (Å²) < 4.78 is 0. The molecule has 0 amide bonds. The van der Waals surface area contributed by atoms with Crippen LogP contribution < -0.4 is 5.32 Å². The minimum absolute atomic E-state index is 0.466. The molecule has 1 heteroatoms. The number of hydrogen-bond acceptors (Lipinski definition) is 1. The van der Waals surface area contributed by atoms with Crippen molar-refractivity contribution in [3.63, 3.8) is 0 Å². The Morgan fingerprint density at radius 3 is 2.38 bits per heavy atom. The topological polar surface area (TPSA) is 12.0 Å². The largest absolute Gasteiger partial charge is 0.310 e. The first kappa shape index (κ1) is 16.5. The van der Waals surface area contributed by atoms with E-state index in [1.54, 1.807) is 0 Å². The maximum Gasteiger partial charge on any atom is 0.0353 e. The molecule has 2 unspecified atom stereocenters. The van der Waals surface area contributed by atoms with Crippen molar-refractivity contribution in [2.75, 3.05) is 6.54 Å². The molecule has 0 bridgehead atoms. The minimum Gasteiger partial charge on any atom is -0.310 e. The summed E-state index contributed by atoms with van der Waals surface area (Å²) in [5.74, 6) is 0.765. The highest BCUT2D eigenvalue weighted by molar-refractivity contribution is 5.26. The van der Waals surface area contributed by atoms with E-state index < -0.39 is 0 Å². The molecule has 0 saturated heterocycles. The second-order valence-electron chi connectivity index (χ2n) is 7.41. The third kappa shape index (κ3) is 4.10. The molecule has 1 saturated carbocycles. The first-order valence-electron chi connectivity index (χ1n) is 8.90. The van der Waals surface area contributed by atoms with E-state index in [0.717, 1.165) is 12.5 Å². The molecule has 1 aliphatic rings. The first-order chi connectivity index (χ1) is 10.1. The summed E-state index contributed by atoms with van der Waals surface area (Å²) in [6, 6.07) is 9.93. The molecule has 0 aromatic heterocycles. The molecule has 118 valence electrons. The molecule has 0 spiro atoms. The van der Waals surface area contributed by atoms with E-state index >= 15 is 0 Å². The van der Waals surface area contributed by atoms with E-state index in [1.165, 1.54) is 49.7 Å². The zero-order valence-corrected chi connectivity index (χ0v) is 14.4. The summed E-state index contributed by atoms with van der Waals surface area (Å²) in [4.78, 5) is 0. The van der Waals surface area contributed by atoms with Gasteiger partial charge in [-0.3, -0.25) is 0 Å². The SMILES string of the molecule is CCCNC(c1ccc(CCC)cc1)C1CCCC1(C)C. The molecule has 21 heavy (non-hydrogen) atoms. The Hall–Kier alpha value is -0.820. The van der Waals surface area contributed by atoms with E-state index in [4.69, 9.17) is 0 Å². The van der Waals surface area contributed by atoms with E-state index in [9.17, 15) is 0 Å². The van der Waals surface area contributed by atoms with Crippen LogP contribution in [0.25, 0.3) is 0 Å². The third-order valence-electron chi connectivity index (χ3n) is 5.23. The summed E-state index contributed by atoms with van der Waals surface area (Å²) in [5, 5.41) is 3.83. The van der Waals surface area contributed by atoms with Crippen molar-refractivity contribution in [2.24, 2.45) is 11.3 Å². The molecule has 0 aliphatic heterocycles. The predicted molar refractivity (Wildman–Crippen MR) is 92.6 cm³/mol. The highest BCUT2D eigenvalue weighted by Gasteiger charge is 2.39. The lowest BCUT2D eigenvalue weighted by molar-refractivity contribution is 0.198. The number of benzene rings is 1. The van der Waals surface area contributed by atoms with Gasteiger partial charge in [-0.15, -0.1) is 0 Å². The second kappa shape index (κ2) is 7.45. The summed E-state index contributed by atoms with van der Waals surface area (Å²) >= 11 is 0. The average Bonchev–Trinajstić information content (AvgIpc) is 2.81. The smallest absolute Gasteiger partial charge is 0.0353 e. The van der Waals surface area contributed by atoms with Crippen molar-refractivity contribution in [1.82, 2.24) is 5.32 Å². The quantitative estimate of drug-likeness (QED) is 0.697. The van der Waals surface area contributed by atoms with Gasteiger partial charge in [0.2, 0.25) is 0 Å². The van der Waals surface area contributed by atoms with Crippen LogP contribution in [0.2, 0.25) is 0 Å². The molecule has 1 aliphatic carbocycles. The van der Waals surface area contributed by atoms with Crippen LogP contribution in [0.4, 0.5) is 0 Å². The van der Waals surface area contributed by atoms with Gasteiger partial charge in [-0.1, -0.05) is 64.8 Å². The van der Waals surface area contributed by atoms with Crippen LogP contribution in [0.5, 0.6) is 0 Å². The van der Waals surface area contributed by atoms with Crippen LogP contribution in [0, 0.1) is 11.3 Å². The summed E-state index contributed by atoms with van der Waals surface area (Å²) in [6.07, 6.45) is 7.75. The molecule has 1 fully saturated rings. The molecule has 0 radical (unpaired) electrons. The number of aryl methyl sites for hydroxylation is 1. The number of nitrogens with one attached hydrogen (secondary N) is 1. The van der Waals surface area contributed by atoms with Crippen LogP contribution >= 0.6 is 0 Å². The molecule has 0 heterocycles. The Kier molecular flexibility index (Phi) is 5.87. The van der Waals surface area contributed by atoms with Crippen molar-refractivity contribution >= 4 is 0 Å². The molecule has 2 atom stereocenters. The normalized spacial score (nSPS) is 22.4. The fraction of sp³-hybridized carbons (Fsp3) is 0.700. The second-order valence-corrected chi connectivity index (χ2v) is 7.41. The molecule has 1 aromatic rings. The maximum atomic E-state index is 3.83.